The molecule has 8 N–H and O–H groups in total. The van der Waals surface area contributed by atoms with Gasteiger partial charge in [0.05, 0.1) is 29.1 Å². The SMILES string of the molecule is CCC1CC(=O)N(CCN)C1=O.CCC1CC(=O)N(CCN)C1=O.CCCNC(O)(CCCCC(C)(C)S)CN(CCC)CNC(C)=S.O=C1CSCC1CCC1CC(=O)N(CO)C1=O.O=CC1CSCC1=O. The second kappa shape index (κ2) is 36.2. The number of aliphatic hydroxyl groups is 2. The molecule has 0 aromatic heterocycles. The van der Waals surface area contributed by atoms with E-state index in [1.807, 2.05) is 20.8 Å². The first-order valence-electron chi connectivity index (χ1n) is 25.9. The lowest BCUT2D eigenvalue weighted by atomic mass is 9.94. The van der Waals surface area contributed by atoms with Crippen LogP contribution in [-0.2, 0) is 43.2 Å². The summed E-state index contributed by atoms with van der Waals surface area (Å²) in [5, 5.41) is 26.5. The standard InChI is InChI=1S/C18H39N3OS2.C11H15NO4S.2C8H14N2O2.C5H6O2S/c1-6-12-20-18(22,11-9-8-10-17(4,5)24)14-21(13-7-2)15-19-16(3)23;13-6-12-10(15)3-7(11(12)16)1-2-8-4-17-5-9(8)14;2*1-2-6-5-7(11)10(4-3-9)8(6)12;6-1-4-2-8-3-5(4)7/h20,22,24H,6-15H2,1-5H3,(H,19,23);7-8,13H,1-6H2;2*6H,2-5,9H2,1H3;1,4H,2-3H2. The molecule has 0 aromatic carbocycles. The highest BCUT2D eigenvalue weighted by Gasteiger charge is 2.40. The summed E-state index contributed by atoms with van der Waals surface area (Å²) in [6, 6.07) is 0. The second-order valence-corrected chi connectivity index (χ2v) is 23.5. The number of hydrogen-bond donors (Lipinski definition) is 7. The summed E-state index contributed by atoms with van der Waals surface area (Å²) in [7, 11) is 0. The van der Waals surface area contributed by atoms with Gasteiger partial charge in [0.1, 0.15) is 24.5 Å². The van der Waals surface area contributed by atoms with Gasteiger partial charge in [0.2, 0.25) is 35.4 Å². The van der Waals surface area contributed by atoms with Gasteiger partial charge in [-0.05, 0) is 77.8 Å². The highest BCUT2D eigenvalue weighted by molar-refractivity contribution is 8.00. The van der Waals surface area contributed by atoms with E-state index in [4.69, 9.17) is 28.8 Å². The number of nitrogens with one attached hydrogen (secondary N) is 2. The number of thiocarbonyl (C=S) groups is 1. The molecule has 5 saturated heterocycles. The summed E-state index contributed by atoms with van der Waals surface area (Å²) < 4.78 is 0.0595. The van der Waals surface area contributed by atoms with E-state index in [0.29, 0.717) is 82.3 Å². The van der Waals surface area contributed by atoms with Crippen molar-refractivity contribution >= 4 is 107 Å². The minimum Gasteiger partial charge on any atom is -0.376 e. The number of hydrogen-bond acceptors (Lipinski definition) is 19. The van der Waals surface area contributed by atoms with Crippen LogP contribution in [0.5, 0.6) is 0 Å². The first kappa shape index (κ1) is 68.1. The van der Waals surface area contributed by atoms with Crippen LogP contribution in [0, 0.1) is 29.6 Å². The molecule has 19 nitrogen and oxygen atoms in total. The molecule has 5 aliphatic heterocycles. The summed E-state index contributed by atoms with van der Waals surface area (Å²) >= 11 is 12.8. The number of likely N-dealkylation sites (tertiary alicyclic amines) is 3. The molecule has 5 aliphatic rings. The first-order chi connectivity index (χ1) is 34.5. The highest BCUT2D eigenvalue weighted by atomic mass is 32.2. The largest absolute Gasteiger partial charge is 0.376 e. The zero-order valence-electron chi connectivity index (χ0n) is 44.5. The van der Waals surface area contributed by atoms with E-state index in [1.54, 1.807) is 11.8 Å². The Bertz CT molecular complexity index is 1770. The quantitative estimate of drug-likeness (QED) is 0.0132. The van der Waals surface area contributed by atoms with Gasteiger partial charge in [0.25, 0.3) is 0 Å². The Balaban J connectivity index is 0.000000477. The summed E-state index contributed by atoms with van der Waals surface area (Å²) in [6.45, 7) is 18.3. The molecule has 418 valence electrons. The number of carbonyl (C=O) groups is 9. The summed E-state index contributed by atoms with van der Waals surface area (Å²) in [5.74, 6) is 1.36. The van der Waals surface area contributed by atoms with Crippen LogP contribution in [0.3, 0.4) is 0 Å². The van der Waals surface area contributed by atoms with E-state index >= 15 is 0 Å². The van der Waals surface area contributed by atoms with E-state index in [0.717, 1.165) is 86.4 Å². The molecule has 0 saturated carbocycles. The van der Waals surface area contributed by atoms with Crippen molar-refractivity contribution in [2.24, 2.45) is 41.1 Å². The van der Waals surface area contributed by atoms with Gasteiger partial charge in [0, 0.05) is 91.9 Å². The third kappa shape index (κ3) is 25.2. The molecule has 0 bridgehead atoms. The number of aliphatic hydroxyl groups excluding tert-OH is 1. The molecule has 6 amide bonds. The number of nitrogens with zero attached hydrogens (tertiary/aromatic N) is 4. The van der Waals surface area contributed by atoms with E-state index in [-0.39, 0.29) is 87.8 Å². The molecule has 5 rings (SSSR count). The molecule has 23 heteroatoms. The minimum atomic E-state index is -0.844. The maximum atomic E-state index is 11.7. The Labute approximate surface area is 453 Å². The summed E-state index contributed by atoms with van der Waals surface area (Å²) in [6.07, 6.45) is 10.3. The molecule has 0 spiro atoms. The zero-order chi connectivity index (χ0) is 55.3. The predicted octanol–water partition coefficient (Wildman–Crippen LogP) is 3.15. The number of rotatable bonds is 25. The number of carbonyl (C=O) groups excluding carboxylic acids is 9. The molecule has 6 unspecified atom stereocenters. The van der Waals surface area contributed by atoms with Crippen LogP contribution in [0.15, 0.2) is 0 Å². The van der Waals surface area contributed by atoms with E-state index in [9.17, 15) is 48.3 Å². The van der Waals surface area contributed by atoms with Crippen LogP contribution in [-0.4, -0.2) is 181 Å². The third-order valence-electron chi connectivity index (χ3n) is 12.8. The smallest absolute Gasteiger partial charge is 0.234 e. The number of Topliss-reactive ketones (excluding diaryl/α,β-unsaturated/α-hetero) is 2. The number of thiol groups is 1. The third-order valence-corrected chi connectivity index (χ3v) is 15.3. The van der Waals surface area contributed by atoms with Crippen molar-refractivity contribution in [3.8, 4) is 0 Å². The van der Waals surface area contributed by atoms with E-state index in [1.165, 1.54) is 21.6 Å². The highest BCUT2D eigenvalue weighted by Crippen LogP contribution is 2.30. The average Bonchev–Trinajstić information content (AvgIpc) is 4.15. The van der Waals surface area contributed by atoms with E-state index < -0.39 is 12.5 Å². The Kier molecular flexibility index (Phi) is 33.8. The van der Waals surface area contributed by atoms with Gasteiger partial charge in [-0.2, -0.15) is 36.2 Å². The number of unbranched alkanes of at least 4 members (excludes halogenated alkanes) is 1. The van der Waals surface area contributed by atoms with Gasteiger partial charge in [-0.15, -0.1) is 0 Å². The number of aldehydes is 1. The Morgan fingerprint density at radius 2 is 1.26 bits per heavy atom. The fraction of sp³-hybridized carbons (Fsp3) is 0.800. The number of nitrogens with two attached hydrogens (primary N) is 2. The monoisotopic (exact) mass is 1100 g/mol. The van der Waals surface area contributed by atoms with Crippen molar-refractivity contribution < 1.29 is 53.4 Å². The van der Waals surface area contributed by atoms with Crippen LogP contribution >= 0.6 is 48.4 Å². The zero-order valence-corrected chi connectivity index (χ0v) is 47.9. The van der Waals surface area contributed by atoms with Crippen molar-refractivity contribution in [3.05, 3.63) is 0 Å². The summed E-state index contributed by atoms with van der Waals surface area (Å²) in [5.41, 5.74) is 9.70. The van der Waals surface area contributed by atoms with Gasteiger partial charge < -0.3 is 31.8 Å². The van der Waals surface area contributed by atoms with Gasteiger partial charge >= 0.3 is 0 Å². The van der Waals surface area contributed by atoms with Crippen LogP contribution in [0.4, 0.5) is 0 Å². The van der Waals surface area contributed by atoms with Gasteiger partial charge in [-0.1, -0.05) is 60.2 Å². The van der Waals surface area contributed by atoms with Gasteiger partial charge in [0.15, 0.2) is 5.78 Å². The van der Waals surface area contributed by atoms with Crippen molar-refractivity contribution in [1.29, 1.82) is 0 Å². The summed E-state index contributed by atoms with van der Waals surface area (Å²) in [4.78, 5) is 107. The van der Waals surface area contributed by atoms with Crippen molar-refractivity contribution in [3.63, 3.8) is 0 Å². The minimum absolute atomic E-state index is 0.0473. The van der Waals surface area contributed by atoms with Crippen molar-refractivity contribution in [2.75, 3.05) is 82.2 Å². The Morgan fingerprint density at radius 3 is 1.64 bits per heavy atom. The molecular weight excluding hydrogens is 1020 g/mol. The maximum absolute atomic E-state index is 11.7. The molecule has 0 aromatic rings. The maximum Gasteiger partial charge on any atom is 0.234 e. The molecule has 73 heavy (non-hydrogen) atoms. The lowest BCUT2D eigenvalue weighted by molar-refractivity contribution is -0.144. The molecule has 5 heterocycles. The van der Waals surface area contributed by atoms with Crippen LogP contribution in [0.1, 0.15) is 132 Å². The van der Waals surface area contributed by atoms with Crippen molar-refractivity contribution in [2.45, 2.75) is 142 Å². The first-order valence-corrected chi connectivity index (χ1v) is 29.0. The Morgan fingerprint density at radius 1 is 0.767 bits per heavy atom. The normalized spacial score (nSPS) is 22.6. The number of amides is 6. The van der Waals surface area contributed by atoms with Gasteiger partial charge in [-0.3, -0.25) is 63.3 Å². The lowest BCUT2D eigenvalue weighted by Crippen LogP contribution is -2.55. The van der Waals surface area contributed by atoms with E-state index in [2.05, 4.69) is 55.9 Å². The van der Waals surface area contributed by atoms with Crippen LogP contribution in [0.2, 0.25) is 0 Å². The van der Waals surface area contributed by atoms with Crippen molar-refractivity contribution in [1.82, 2.24) is 30.2 Å². The molecule has 0 aliphatic carbocycles. The Hall–Kier alpha value is -2.87. The number of imide groups is 3. The van der Waals surface area contributed by atoms with Crippen LogP contribution < -0.4 is 22.1 Å². The molecular formula is C50H88N8O11S4. The topological polar surface area (TPSA) is 283 Å². The fourth-order valence-corrected chi connectivity index (χ4v) is 10.9. The average molecular weight is 1110 g/mol. The fourth-order valence-electron chi connectivity index (χ4n) is 8.44. The number of thioether (sulfide) groups is 2. The second-order valence-electron chi connectivity index (χ2n) is 19.6. The number of ketones is 2. The molecule has 5 fully saturated rings. The van der Waals surface area contributed by atoms with Crippen LogP contribution in [0.25, 0.3) is 0 Å². The lowest BCUT2D eigenvalue weighted by Gasteiger charge is -2.35. The molecule has 0 radical (unpaired) electrons. The van der Waals surface area contributed by atoms with Gasteiger partial charge in [-0.25, -0.2) is 0 Å². The predicted molar refractivity (Wildman–Crippen MR) is 295 cm³/mol. The molecule has 6 atom stereocenters.